The van der Waals surface area contributed by atoms with Crippen molar-refractivity contribution in [3.63, 3.8) is 0 Å². The normalized spacial score (nSPS) is 19.9. The molecule has 0 amide bonds. The van der Waals surface area contributed by atoms with Crippen LogP contribution in [0.2, 0.25) is 0 Å². The highest BCUT2D eigenvalue weighted by Crippen LogP contribution is 2.16. The van der Waals surface area contributed by atoms with Crippen molar-refractivity contribution in [3.8, 4) is 5.69 Å². The van der Waals surface area contributed by atoms with Crippen molar-refractivity contribution < 1.29 is 0 Å². The van der Waals surface area contributed by atoms with Crippen LogP contribution in [0.3, 0.4) is 0 Å². The van der Waals surface area contributed by atoms with E-state index in [0.29, 0.717) is 6.04 Å². The van der Waals surface area contributed by atoms with E-state index in [0.717, 1.165) is 31.1 Å². The molecule has 1 saturated heterocycles. The first kappa shape index (κ1) is 13.1. The van der Waals surface area contributed by atoms with Crippen LogP contribution >= 0.6 is 0 Å². The number of nitrogens with one attached hydrogen (secondary N) is 1. The highest BCUT2D eigenvalue weighted by molar-refractivity contribution is 5.38. The third kappa shape index (κ3) is 2.80. The second-order valence-corrected chi connectivity index (χ2v) is 5.13. The van der Waals surface area contributed by atoms with E-state index >= 15 is 0 Å². The standard InChI is InChI=1S/C14H20N6/c1-2-19-10-6-7-12(11-19)15-14-16-17-18-20(14)13-8-4-3-5-9-13/h3-5,8-9,12H,2,6-7,10-11H2,1H3,(H,15,16,18). The average Bonchev–Trinajstić information content (AvgIpc) is 2.96. The lowest BCUT2D eigenvalue weighted by Gasteiger charge is -2.32. The molecule has 2 heterocycles. The van der Waals surface area contributed by atoms with E-state index in [2.05, 4.69) is 32.7 Å². The summed E-state index contributed by atoms with van der Waals surface area (Å²) in [5.74, 6) is 0.721. The van der Waals surface area contributed by atoms with Gasteiger partial charge in [0.15, 0.2) is 0 Å². The molecule has 1 fully saturated rings. The highest BCUT2D eigenvalue weighted by Gasteiger charge is 2.20. The maximum absolute atomic E-state index is 4.11. The summed E-state index contributed by atoms with van der Waals surface area (Å²) in [5.41, 5.74) is 0.975. The monoisotopic (exact) mass is 272 g/mol. The van der Waals surface area contributed by atoms with Crippen molar-refractivity contribution in [1.29, 1.82) is 0 Å². The molecule has 1 aliphatic heterocycles. The average molecular weight is 272 g/mol. The van der Waals surface area contributed by atoms with Crippen molar-refractivity contribution in [2.75, 3.05) is 25.0 Å². The molecule has 1 aliphatic rings. The number of hydrogen-bond acceptors (Lipinski definition) is 5. The molecular formula is C14H20N6. The summed E-state index contributed by atoms with van der Waals surface area (Å²) >= 11 is 0. The minimum atomic E-state index is 0.414. The Morgan fingerprint density at radius 3 is 2.95 bits per heavy atom. The van der Waals surface area contributed by atoms with Gasteiger partial charge in [-0.05, 0) is 48.5 Å². The van der Waals surface area contributed by atoms with E-state index < -0.39 is 0 Å². The van der Waals surface area contributed by atoms with Crippen LogP contribution in [0.5, 0.6) is 0 Å². The van der Waals surface area contributed by atoms with Crippen molar-refractivity contribution in [2.45, 2.75) is 25.8 Å². The fourth-order valence-electron chi connectivity index (χ4n) is 2.66. The summed E-state index contributed by atoms with van der Waals surface area (Å²) in [6.45, 7) is 5.55. The van der Waals surface area contributed by atoms with Crippen LogP contribution in [-0.4, -0.2) is 50.8 Å². The van der Waals surface area contributed by atoms with Gasteiger partial charge in [-0.2, -0.15) is 4.68 Å². The second kappa shape index (κ2) is 6.00. The molecule has 0 bridgehead atoms. The predicted octanol–water partition coefficient (Wildman–Crippen LogP) is 1.56. The van der Waals surface area contributed by atoms with Crippen molar-refractivity contribution in [1.82, 2.24) is 25.1 Å². The van der Waals surface area contributed by atoms with Crippen LogP contribution < -0.4 is 5.32 Å². The van der Waals surface area contributed by atoms with E-state index in [-0.39, 0.29) is 0 Å². The Morgan fingerprint density at radius 1 is 1.30 bits per heavy atom. The molecule has 0 radical (unpaired) electrons. The Bertz CT molecular complexity index is 538. The quantitative estimate of drug-likeness (QED) is 0.915. The van der Waals surface area contributed by atoms with Crippen LogP contribution in [0.25, 0.3) is 5.69 Å². The number of likely N-dealkylation sites (N-methyl/N-ethyl adjacent to an activating group) is 1. The van der Waals surface area contributed by atoms with Crippen LogP contribution in [0.15, 0.2) is 30.3 Å². The van der Waals surface area contributed by atoms with E-state index in [9.17, 15) is 0 Å². The minimum Gasteiger partial charge on any atom is -0.349 e. The molecule has 3 rings (SSSR count). The summed E-state index contributed by atoms with van der Waals surface area (Å²) in [7, 11) is 0. The highest BCUT2D eigenvalue weighted by atomic mass is 15.6. The van der Waals surface area contributed by atoms with E-state index in [1.54, 1.807) is 4.68 Å². The number of nitrogens with zero attached hydrogens (tertiary/aromatic N) is 5. The van der Waals surface area contributed by atoms with Gasteiger partial charge < -0.3 is 10.2 Å². The van der Waals surface area contributed by atoms with Gasteiger partial charge in [0, 0.05) is 12.6 Å². The number of anilines is 1. The van der Waals surface area contributed by atoms with Crippen LogP contribution in [0.4, 0.5) is 5.95 Å². The largest absolute Gasteiger partial charge is 0.349 e. The zero-order valence-electron chi connectivity index (χ0n) is 11.7. The Kier molecular flexibility index (Phi) is 3.92. The number of hydrogen-bond donors (Lipinski definition) is 1. The maximum atomic E-state index is 4.11. The lowest BCUT2D eigenvalue weighted by atomic mass is 10.1. The molecule has 0 saturated carbocycles. The Morgan fingerprint density at radius 2 is 2.15 bits per heavy atom. The Balaban J connectivity index is 1.74. The molecule has 2 aromatic rings. The van der Waals surface area contributed by atoms with Gasteiger partial charge in [-0.1, -0.05) is 30.2 Å². The Labute approximate surface area is 118 Å². The summed E-state index contributed by atoms with van der Waals surface area (Å²) in [6.07, 6.45) is 2.39. The molecule has 6 nitrogen and oxygen atoms in total. The van der Waals surface area contributed by atoms with Gasteiger partial charge in [0.05, 0.1) is 5.69 Å². The number of aromatic nitrogens is 4. The minimum absolute atomic E-state index is 0.414. The zero-order valence-corrected chi connectivity index (χ0v) is 11.7. The summed E-state index contributed by atoms with van der Waals surface area (Å²) < 4.78 is 1.75. The number of likely N-dealkylation sites (tertiary alicyclic amines) is 1. The van der Waals surface area contributed by atoms with E-state index in [1.165, 1.54) is 13.0 Å². The molecule has 6 heteroatoms. The first-order valence-electron chi connectivity index (χ1n) is 7.19. The van der Waals surface area contributed by atoms with E-state index in [4.69, 9.17) is 0 Å². The third-order valence-electron chi connectivity index (χ3n) is 3.76. The molecule has 0 aliphatic carbocycles. The molecule has 1 aromatic heterocycles. The topological polar surface area (TPSA) is 58.9 Å². The van der Waals surface area contributed by atoms with Gasteiger partial charge in [-0.15, -0.1) is 0 Å². The number of piperidine rings is 1. The molecular weight excluding hydrogens is 252 g/mol. The first-order valence-corrected chi connectivity index (χ1v) is 7.19. The molecule has 20 heavy (non-hydrogen) atoms. The lowest BCUT2D eigenvalue weighted by Crippen LogP contribution is -2.42. The molecule has 1 unspecified atom stereocenters. The van der Waals surface area contributed by atoms with Gasteiger partial charge >= 0.3 is 0 Å². The molecule has 1 aromatic carbocycles. The first-order chi connectivity index (χ1) is 9.86. The van der Waals surface area contributed by atoms with Gasteiger partial charge in [0.25, 0.3) is 0 Å². The van der Waals surface area contributed by atoms with Crippen molar-refractivity contribution in [2.24, 2.45) is 0 Å². The maximum Gasteiger partial charge on any atom is 0.248 e. The fraction of sp³-hybridized carbons (Fsp3) is 0.500. The van der Waals surface area contributed by atoms with Gasteiger partial charge in [0.1, 0.15) is 0 Å². The van der Waals surface area contributed by atoms with Gasteiger partial charge in [0.2, 0.25) is 5.95 Å². The number of tetrazole rings is 1. The summed E-state index contributed by atoms with van der Waals surface area (Å²) in [6, 6.07) is 10.4. The molecule has 0 spiro atoms. The van der Waals surface area contributed by atoms with Crippen molar-refractivity contribution >= 4 is 5.95 Å². The van der Waals surface area contributed by atoms with E-state index in [1.807, 2.05) is 30.3 Å². The van der Waals surface area contributed by atoms with Crippen LogP contribution in [-0.2, 0) is 0 Å². The molecule has 106 valence electrons. The fourth-order valence-corrected chi connectivity index (χ4v) is 2.66. The molecule has 1 atom stereocenters. The number of para-hydroxylation sites is 1. The Hall–Kier alpha value is -1.95. The number of rotatable bonds is 4. The smallest absolute Gasteiger partial charge is 0.248 e. The lowest BCUT2D eigenvalue weighted by molar-refractivity contribution is 0.226. The SMILES string of the molecule is CCN1CCCC(Nc2nnnn2-c2ccccc2)C1. The second-order valence-electron chi connectivity index (χ2n) is 5.13. The summed E-state index contributed by atoms with van der Waals surface area (Å²) in [5, 5.41) is 15.4. The number of benzene rings is 1. The van der Waals surface area contributed by atoms with Crippen LogP contribution in [0, 0.1) is 0 Å². The van der Waals surface area contributed by atoms with Crippen molar-refractivity contribution in [3.05, 3.63) is 30.3 Å². The molecule has 1 N–H and O–H groups in total. The van der Waals surface area contributed by atoms with Gasteiger partial charge in [-0.25, -0.2) is 0 Å². The summed E-state index contributed by atoms with van der Waals surface area (Å²) in [4.78, 5) is 2.46. The predicted molar refractivity (Wildman–Crippen MR) is 77.9 cm³/mol. The van der Waals surface area contributed by atoms with Gasteiger partial charge in [-0.3, -0.25) is 0 Å². The zero-order chi connectivity index (χ0) is 13.8. The van der Waals surface area contributed by atoms with Crippen LogP contribution in [0.1, 0.15) is 19.8 Å². The third-order valence-corrected chi connectivity index (χ3v) is 3.76.